The summed E-state index contributed by atoms with van der Waals surface area (Å²) in [5.41, 5.74) is 2.59. The van der Waals surface area contributed by atoms with Crippen LogP contribution in [0.15, 0.2) is 53.0 Å². The fraction of sp³-hybridized carbons (Fsp3) is 0.294. The third kappa shape index (κ3) is 4.09. The molecule has 0 heterocycles. The molecule has 0 aromatic heterocycles. The predicted molar refractivity (Wildman–Crippen MR) is 87.0 cm³/mol. The van der Waals surface area contributed by atoms with Gasteiger partial charge in [0.2, 0.25) is 0 Å². The van der Waals surface area contributed by atoms with Crippen molar-refractivity contribution in [2.45, 2.75) is 25.9 Å². The molecule has 0 aliphatic carbocycles. The first kappa shape index (κ1) is 15.1. The summed E-state index contributed by atoms with van der Waals surface area (Å²) >= 11 is 3.46. The molecule has 106 valence electrons. The SMILES string of the molecule is CCC(NCc1ccc(Br)cc1)c1ccc(OC)cc1. The maximum Gasteiger partial charge on any atom is 0.118 e. The Balaban J connectivity index is 1.99. The highest BCUT2D eigenvalue weighted by molar-refractivity contribution is 9.10. The van der Waals surface area contributed by atoms with Crippen LogP contribution in [0.25, 0.3) is 0 Å². The molecule has 0 spiro atoms. The summed E-state index contributed by atoms with van der Waals surface area (Å²) in [5.74, 6) is 0.900. The molecule has 1 atom stereocenters. The predicted octanol–water partition coefficient (Wildman–Crippen LogP) is 4.70. The van der Waals surface area contributed by atoms with Crippen LogP contribution in [-0.2, 0) is 6.54 Å². The number of hydrogen-bond acceptors (Lipinski definition) is 2. The van der Waals surface area contributed by atoms with Crippen LogP contribution >= 0.6 is 15.9 Å². The Morgan fingerprint density at radius 3 is 2.25 bits per heavy atom. The molecule has 0 aliphatic heterocycles. The molecular weight excluding hydrogens is 314 g/mol. The van der Waals surface area contributed by atoms with Crippen LogP contribution in [0.2, 0.25) is 0 Å². The van der Waals surface area contributed by atoms with E-state index in [1.165, 1.54) is 11.1 Å². The molecule has 0 aliphatic rings. The second kappa shape index (κ2) is 7.46. The number of methoxy groups -OCH3 is 1. The molecule has 3 heteroatoms. The van der Waals surface area contributed by atoms with E-state index in [2.05, 4.69) is 64.6 Å². The minimum Gasteiger partial charge on any atom is -0.497 e. The summed E-state index contributed by atoms with van der Waals surface area (Å²) < 4.78 is 6.31. The van der Waals surface area contributed by atoms with Crippen LogP contribution in [0.4, 0.5) is 0 Å². The van der Waals surface area contributed by atoms with Gasteiger partial charge in [0.05, 0.1) is 7.11 Å². The standard InChI is InChI=1S/C17H20BrNO/c1-3-17(14-6-10-16(20-2)11-7-14)19-12-13-4-8-15(18)9-5-13/h4-11,17,19H,3,12H2,1-2H3. The van der Waals surface area contributed by atoms with E-state index < -0.39 is 0 Å². The third-order valence-electron chi connectivity index (χ3n) is 3.39. The maximum atomic E-state index is 5.20. The van der Waals surface area contributed by atoms with Gasteiger partial charge in [-0.15, -0.1) is 0 Å². The quantitative estimate of drug-likeness (QED) is 0.827. The van der Waals surface area contributed by atoms with Gasteiger partial charge in [-0.1, -0.05) is 47.1 Å². The zero-order valence-corrected chi connectivity index (χ0v) is 13.5. The highest BCUT2D eigenvalue weighted by atomic mass is 79.9. The molecule has 2 nitrogen and oxygen atoms in total. The first-order valence-corrected chi connectivity index (χ1v) is 7.64. The molecule has 0 saturated heterocycles. The van der Waals surface area contributed by atoms with Crippen molar-refractivity contribution in [1.82, 2.24) is 5.32 Å². The fourth-order valence-corrected chi connectivity index (χ4v) is 2.44. The van der Waals surface area contributed by atoms with Crippen LogP contribution in [-0.4, -0.2) is 7.11 Å². The van der Waals surface area contributed by atoms with Crippen LogP contribution in [0, 0.1) is 0 Å². The Hall–Kier alpha value is -1.32. The van der Waals surface area contributed by atoms with Gasteiger partial charge in [0.15, 0.2) is 0 Å². The Labute approximate surface area is 129 Å². The molecule has 0 bridgehead atoms. The van der Waals surface area contributed by atoms with Gasteiger partial charge in [-0.25, -0.2) is 0 Å². The lowest BCUT2D eigenvalue weighted by Crippen LogP contribution is -2.20. The van der Waals surface area contributed by atoms with Gasteiger partial charge in [-0.05, 0) is 41.8 Å². The summed E-state index contributed by atoms with van der Waals surface area (Å²) in [7, 11) is 1.69. The van der Waals surface area contributed by atoms with Crippen molar-refractivity contribution in [2.24, 2.45) is 0 Å². The van der Waals surface area contributed by atoms with Crippen molar-refractivity contribution in [3.63, 3.8) is 0 Å². The molecule has 0 radical (unpaired) electrons. The first-order chi connectivity index (χ1) is 9.72. The van der Waals surface area contributed by atoms with Crippen LogP contribution < -0.4 is 10.1 Å². The topological polar surface area (TPSA) is 21.3 Å². The molecule has 1 unspecified atom stereocenters. The van der Waals surface area contributed by atoms with E-state index in [1.54, 1.807) is 7.11 Å². The van der Waals surface area contributed by atoms with E-state index in [0.29, 0.717) is 6.04 Å². The number of ether oxygens (including phenoxy) is 1. The molecule has 2 aromatic carbocycles. The van der Waals surface area contributed by atoms with Gasteiger partial charge in [0.25, 0.3) is 0 Å². The minimum atomic E-state index is 0.365. The summed E-state index contributed by atoms with van der Waals surface area (Å²) in [5, 5.41) is 3.60. The molecular formula is C17H20BrNO. The highest BCUT2D eigenvalue weighted by Gasteiger charge is 2.08. The Morgan fingerprint density at radius 2 is 1.70 bits per heavy atom. The monoisotopic (exact) mass is 333 g/mol. The summed E-state index contributed by atoms with van der Waals surface area (Å²) in [6, 6.07) is 17.1. The van der Waals surface area contributed by atoms with Crippen LogP contribution in [0.1, 0.15) is 30.5 Å². The summed E-state index contributed by atoms with van der Waals surface area (Å²) in [4.78, 5) is 0. The number of halogens is 1. The second-order valence-corrected chi connectivity index (χ2v) is 5.66. The average Bonchev–Trinajstić information content (AvgIpc) is 2.50. The minimum absolute atomic E-state index is 0.365. The molecule has 2 aromatic rings. The lowest BCUT2D eigenvalue weighted by molar-refractivity contribution is 0.414. The van der Waals surface area contributed by atoms with E-state index in [-0.39, 0.29) is 0 Å². The molecule has 2 rings (SSSR count). The van der Waals surface area contributed by atoms with Gasteiger partial charge >= 0.3 is 0 Å². The lowest BCUT2D eigenvalue weighted by atomic mass is 10.0. The molecule has 0 amide bonds. The Kier molecular flexibility index (Phi) is 5.62. The summed E-state index contributed by atoms with van der Waals surface area (Å²) in [6.07, 6.45) is 1.06. The number of hydrogen-bond donors (Lipinski definition) is 1. The van der Waals surface area contributed by atoms with Gasteiger partial charge in [-0.3, -0.25) is 0 Å². The molecule has 0 saturated carbocycles. The summed E-state index contributed by atoms with van der Waals surface area (Å²) in [6.45, 7) is 3.07. The maximum absolute atomic E-state index is 5.20. The first-order valence-electron chi connectivity index (χ1n) is 6.84. The van der Waals surface area contributed by atoms with Crippen molar-refractivity contribution in [2.75, 3.05) is 7.11 Å². The average molecular weight is 334 g/mol. The Bertz CT molecular complexity index is 522. The number of rotatable bonds is 6. The van der Waals surface area contributed by atoms with Gasteiger partial charge in [0, 0.05) is 17.1 Å². The van der Waals surface area contributed by atoms with Crippen LogP contribution in [0.5, 0.6) is 5.75 Å². The number of nitrogens with one attached hydrogen (secondary N) is 1. The lowest BCUT2D eigenvalue weighted by Gasteiger charge is -2.18. The van der Waals surface area contributed by atoms with E-state index in [4.69, 9.17) is 4.74 Å². The van der Waals surface area contributed by atoms with Crippen molar-refractivity contribution >= 4 is 15.9 Å². The third-order valence-corrected chi connectivity index (χ3v) is 3.92. The smallest absolute Gasteiger partial charge is 0.118 e. The molecule has 1 N–H and O–H groups in total. The Morgan fingerprint density at radius 1 is 1.05 bits per heavy atom. The van der Waals surface area contributed by atoms with E-state index in [1.807, 2.05) is 12.1 Å². The van der Waals surface area contributed by atoms with Gasteiger partial charge in [-0.2, -0.15) is 0 Å². The zero-order chi connectivity index (χ0) is 14.4. The van der Waals surface area contributed by atoms with E-state index in [9.17, 15) is 0 Å². The van der Waals surface area contributed by atoms with Crippen molar-refractivity contribution in [3.8, 4) is 5.75 Å². The highest BCUT2D eigenvalue weighted by Crippen LogP contribution is 2.20. The van der Waals surface area contributed by atoms with Gasteiger partial charge in [0.1, 0.15) is 5.75 Å². The van der Waals surface area contributed by atoms with E-state index in [0.717, 1.165) is 23.2 Å². The van der Waals surface area contributed by atoms with Crippen molar-refractivity contribution in [1.29, 1.82) is 0 Å². The van der Waals surface area contributed by atoms with E-state index >= 15 is 0 Å². The van der Waals surface area contributed by atoms with Crippen molar-refractivity contribution < 1.29 is 4.74 Å². The van der Waals surface area contributed by atoms with Crippen molar-refractivity contribution in [3.05, 3.63) is 64.1 Å². The largest absolute Gasteiger partial charge is 0.497 e. The normalized spacial score (nSPS) is 12.2. The van der Waals surface area contributed by atoms with Crippen LogP contribution in [0.3, 0.4) is 0 Å². The zero-order valence-electron chi connectivity index (χ0n) is 11.9. The molecule has 0 fully saturated rings. The second-order valence-electron chi connectivity index (χ2n) is 4.74. The van der Waals surface area contributed by atoms with Gasteiger partial charge < -0.3 is 10.1 Å². The number of benzene rings is 2. The molecule has 20 heavy (non-hydrogen) atoms. The fourth-order valence-electron chi connectivity index (χ4n) is 2.18.